The van der Waals surface area contributed by atoms with E-state index in [4.69, 9.17) is 16.3 Å². The first-order valence-electron chi connectivity index (χ1n) is 7.50. The summed E-state index contributed by atoms with van der Waals surface area (Å²) in [4.78, 5) is 28.2. The molecule has 1 saturated heterocycles. The summed E-state index contributed by atoms with van der Waals surface area (Å²) in [5.41, 5.74) is 1.02. The summed E-state index contributed by atoms with van der Waals surface area (Å²) in [5, 5.41) is 10.9. The van der Waals surface area contributed by atoms with E-state index in [9.17, 15) is 14.7 Å². The molecule has 0 bridgehead atoms. The molecule has 1 aliphatic heterocycles. The molecule has 0 aliphatic carbocycles. The Kier molecular flexibility index (Phi) is 4.32. The first kappa shape index (κ1) is 15.9. The van der Waals surface area contributed by atoms with Crippen LogP contribution in [0.3, 0.4) is 0 Å². The summed E-state index contributed by atoms with van der Waals surface area (Å²) < 4.78 is 6.49. The molecule has 1 amide bonds. The number of nitrogens with zero attached hydrogens (tertiary/aromatic N) is 2. The Morgan fingerprint density at radius 1 is 1.52 bits per heavy atom. The summed E-state index contributed by atoms with van der Waals surface area (Å²) in [6, 6.07) is 4.73. The number of aliphatic hydroxyl groups is 1. The maximum absolute atomic E-state index is 12.3. The van der Waals surface area contributed by atoms with Crippen LogP contribution in [0.1, 0.15) is 19.4 Å². The van der Waals surface area contributed by atoms with E-state index in [1.54, 1.807) is 29.7 Å². The van der Waals surface area contributed by atoms with Crippen molar-refractivity contribution in [3.05, 3.63) is 33.7 Å². The van der Waals surface area contributed by atoms with Crippen molar-refractivity contribution < 1.29 is 14.6 Å². The minimum absolute atomic E-state index is 0.135. The number of fused-ring (bicyclic) bond motifs is 1. The third-order valence-electron chi connectivity index (χ3n) is 4.08. The number of carbonyl (C=O) groups excluding carboxylic acids is 1. The van der Waals surface area contributed by atoms with Crippen molar-refractivity contribution >= 4 is 28.7 Å². The second kappa shape index (κ2) is 6.25. The molecule has 2 N–H and O–H groups in total. The maximum Gasteiger partial charge on any atom is 0.409 e. The Bertz CT molecular complexity index is 785. The second-order valence-electron chi connectivity index (χ2n) is 5.53. The van der Waals surface area contributed by atoms with Crippen LogP contribution in [0.2, 0.25) is 5.02 Å². The number of piperidine rings is 1. The fourth-order valence-corrected chi connectivity index (χ4v) is 3.21. The molecule has 2 heterocycles. The van der Waals surface area contributed by atoms with Gasteiger partial charge in [0.1, 0.15) is 0 Å². The number of likely N-dealkylation sites (tertiary alicyclic amines) is 1. The number of imidazole rings is 1. The largest absolute Gasteiger partial charge is 0.450 e. The highest BCUT2D eigenvalue weighted by Gasteiger charge is 2.33. The minimum atomic E-state index is -0.847. The third kappa shape index (κ3) is 2.94. The lowest BCUT2D eigenvalue weighted by Gasteiger charge is -2.35. The van der Waals surface area contributed by atoms with Gasteiger partial charge in [-0.3, -0.25) is 4.57 Å². The highest BCUT2D eigenvalue weighted by Crippen LogP contribution is 2.26. The molecule has 1 fully saturated rings. The van der Waals surface area contributed by atoms with Crippen molar-refractivity contribution in [1.29, 1.82) is 0 Å². The molecule has 0 radical (unpaired) electrons. The molecular formula is C15H18ClN3O4. The number of rotatable bonds is 2. The molecule has 1 aromatic heterocycles. The standard InChI is InChI=1S/C15H18ClN3O4/c1-2-23-15(22)18-6-5-12(13(20)8-18)19-11-4-3-9(16)7-10(11)17-14(19)21/h3-4,7,12-13,20H,2,5-6,8H2,1H3,(H,17,21)/t12-,13+/m1/s1. The highest BCUT2D eigenvalue weighted by molar-refractivity contribution is 6.31. The predicted octanol–water partition coefficient (Wildman–Crippen LogP) is 1.75. The quantitative estimate of drug-likeness (QED) is 0.872. The minimum Gasteiger partial charge on any atom is -0.450 e. The number of hydrogen-bond acceptors (Lipinski definition) is 4. The molecule has 0 saturated carbocycles. The number of aromatic nitrogens is 2. The van der Waals surface area contributed by atoms with Crippen LogP contribution in [-0.4, -0.2) is 51.5 Å². The summed E-state index contributed by atoms with van der Waals surface area (Å²) >= 11 is 5.94. The van der Waals surface area contributed by atoms with Gasteiger partial charge in [-0.15, -0.1) is 0 Å². The lowest BCUT2D eigenvalue weighted by Crippen LogP contribution is -2.48. The van der Waals surface area contributed by atoms with Gasteiger partial charge in [0.05, 0.1) is 36.3 Å². The van der Waals surface area contributed by atoms with Gasteiger partial charge in [-0.05, 0) is 31.5 Å². The van der Waals surface area contributed by atoms with Gasteiger partial charge in [-0.2, -0.15) is 0 Å². The topological polar surface area (TPSA) is 87.6 Å². The molecule has 8 heteroatoms. The predicted molar refractivity (Wildman–Crippen MR) is 85.8 cm³/mol. The Morgan fingerprint density at radius 3 is 3.00 bits per heavy atom. The monoisotopic (exact) mass is 339 g/mol. The number of β-amino-alcohol motifs (C(OH)–C–C–N with tert-alkyl or cyclic N) is 1. The van der Waals surface area contributed by atoms with E-state index < -0.39 is 18.2 Å². The van der Waals surface area contributed by atoms with E-state index in [1.165, 1.54) is 4.90 Å². The number of hydrogen-bond donors (Lipinski definition) is 2. The fourth-order valence-electron chi connectivity index (χ4n) is 3.03. The SMILES string of the molecule is CCOC(=O)N1CC[C@@H](n2c(=O)[nH]c3cc(Cl)ccc32)[C@@H](O)C1. The number of aromatic amines is 1. The van der Waals surface area contributed by atoms with Crippen LogP contribution >= 0.6 is 11.6 Å². The molecule has 2 aromatic rings. The molecule has 0 spiro atoms. The molecule has 7 nitrogen and oxygen atoms in total. The van der Waals surface area contributed by atoms with Crippen LogP contribution in [0.25, 0.3) is 11.0 Å². The van der Waals surface area contributed by atoms with Crippen LogP contribution in [-0.2, 0) is 4.74 Å². The van der Waals surface area contributed by atoms with Crippen molar-refractivity contribution in [3.63, 3.8) is 0 Å². The Labute approximate surface area is 137 Å². The number of aliphatic hydroxyl groups excluding tert-OH is 1. The van der Waals surface area contributed by atoms with E-state index in [2.05, 4.69) is 4.98 Å². The first-order chi connectivity index (χ1) is 11.0. The molecule has 1 aliphatic rings. The summed E-state index contributed by atoms with van der Waals surface area (Å²) in [6.45, 7) is 2.58. The smallest absolute Gasteiger partial charge is 0.409 e. The van der Waals surface area contributed by atoms with Gasteiger partial charge in [-0.1, -0.05) is 11.6 Å². The average molecular weight is 340 g/mol. The van der Waals surface area contributed by atoms with Gasteiger partial charge < -0.3 is 19.7 Å². The highest BCUT2D eigenvalue weighted by atomic mass is 35.5. The van der Waals surface area contributed by atoms with Gasteiger partial charge >= 0.3 is 11.8 Å². The van der Waals surface area contributed by atoms with Crippen molar-refractivity contribution in [3.8, 4) is 0 Å². The molecular weight excluding hydrogens is 322 g/mol. The number of ether oxygens (including phenoxy) is 1. The Morgan fingerprint density at radius 2 is 2.30 bits per heavy atom. The van der Waals surface area contributed by atoms with Gasteiger partial charge in [-0.25, -0.2) is 9.59 Å². The van der Waals surface area contributed by atoms with Gasteiger partial charge in [0.25, 0.3) is 0 Å². The van der Waals surface area contributed by atoms with E-state index >= 15 is 0 Å². The normalized spacial score (nSPS) is 21.6. The van der Waals surface area contributed by atoms with Crippen molar-refractivity contribution in [2.45, 2.75) is 25.5 Å². The van der Waals surface area contributed by atoms with Gasteiger partial charge in [0, 0.05) is 11.6 Å². The lowest BCUT2D eigenvalue weighted by molar-refractivity contribution is 0.0212. The number of H-pyrrole nitrogens is 1. The molecule has 2 atom stereocenters. The molecule has 23 heavy (non-hydrogen) atoms. The van der Waals surface area contributed by atoms with Crippen molar-refractivity contribution in [1.82, 2.24) is 14.5 Å². The number of nitrogens with one attached hydrogen (secondary N) is 1. The van der Waals surface area contributed by atoms with E-state index in [-0.39, 0.29) is 18.8 Å². The van der Waals surface area contributed by atoms with Crippen LogP contribution in [0.5, 0.6) is 0 Å². The van der Waals surface area contributed by atoms with E-state index in [1.807, 2.05) is 0 Å². The Hall–Kier alpha value is -1.99. The summed E-state index contributed by atoms with van der Waals surface area (Å²) in [6.07, 6.45) is -0.821. The van der Waals surface area contributed by atoms with Crippen LogP contribution in [0.15, 0.2) is 23.0 Å². The van der Waals surface area contributed by atoms with Crippen LogP contribution in [0.4, 0.5) is 4.79 Å². The summed E-state index contributed by atoms with van der Waals surface area (Å²) in [5.74, 6) is 0. The fraction of sp³-hybridized carbons (Fsp3) is 0.467. The molecule has 0 unspecified atom stereocenters. The number of halogens is 1. The molecule has 124 valence electrons. The second-order valence-corrected chi connectivity index (χ2v) is 5.97. The number of amides is 1. The van der Waals surface area contributed by atoms with E-state index in [0.29, 0.717) is 29.0 Å². The van der Waals surface area contributed by atoms with E-state index in [0.717, 1.165) is 0 Å². The number of carbonyl (C=O) groups is 1. The number of benzene rings is 1. The zero-order valence-electron chi connectivity index (χ0n) is 12.7. The average Bonchev–Trinajstić information content (AvgIpc) is 2.82. The molecule has 3 rings (SSSR count). The zero-order valence-corrected chi connectivity index (χ0v) is 13.4. The third-order valence-corrected chi connectivity index (χ3v) is 4.32. The zero-order chi connectivity index (χ0) is 16.6. The van der Waals surface area contributed by atoms with Crippen molar-refractivity contribution in [2.24, 2.45) is 0 Å². The maximum atomic E-state index is 12.3. The van der Waals surface area contributed by atoms with Crippen LogP contribution in [0, 0.1) is 0 Å². The Balaban J connectivity index is 1.88. The van der Waals surface area contributed by atoms with Crippen molar-refractivity contribution in [2.75, 3.05) is 19.7 Å². The lowest BCUT2D eigenvalue weighted by atomic mass is 10.0. The van der Waals surface area contributed by atoms with Crippen LogP contribution < -0.4 is 5.69 Å². The van der Waals surface area contributed by atoms with Gasteiger partial charge in [0.2, 0.25) is 0 Å². The molecule has 1 aromatic carbocycles. The first-order valence-corrected chi connectivity index (χ1v) is 7.88. The summed E-state index contributed by atoms with van der Waals surface area (Å²) in [7, 11) is 0. The van der Waals surface area contributed by atoms with Gasteiger partial charge in [0.15, 0.2) is 0 Å².